The number of aromatic nitrogens is 2. The van der Waals surface area contributed by atoms with Crippen LogP contribution in [0.5, 0.6) is 0 Å². The fraction of sp³-hybridized carbons (Fsp3) is 0.214. The van der Waals surface area contributed by atoms with Crippen LogP contribution in [0.15, 0.2) is 36.9 Å². The van der Waals surface area contributed by atoms with Gasteiger partial charge in [-0.15, -0.1) is 0 Å². The van der Waals surface area contributed by atoms with E-state index >= 15 is 0 Å². The summed E-state index contributed by atoms with van der Waals surface area (Å²) in [5, 5.41) is 0.366. The smallest absolute Gasteiger partial charge is 0.255 e. The molecule has 98 valence electrons. The predicted octanol–water partition coefficient (Wildman–Crippen LogP) is 2.71. The summed E-state index contributed by atoms with van der Waals surface area (Å²) in [7, 11) is 1.75. The molecule has 2 heterocycles. The highest BCUT2D eigenvalue weighted by molar-refractivity contribution is 6.33. The van der Waals surface area contributed by atoms with Gasteiger partial charge in [0.2, 0.25) is 0 Å². The minimum Gasteiger partial charge on any atom is -0.337 e. The molecule has 0 aliphatic rings. The maximum Gasteiger partial charge on any atom is 0.255 e. The molecule has 19 heavy (non-hydrogen) atoms. The lowest BCUT2D eigenvalue weighted by molar-refractivity contribution is 0.0785. The van der Waals surface area contributed by atoms with E-state index in [-0.39, 0.29) is 5.91 Å². The number of hydrogen-bond acceptors (Lipinski definition) is 3. The van der Waals surface area contributed by atoms with E-state index < -0.39 is 0 Å². The number of halogens is 1. The minimum atomic E-state index is -0.122. The largest absolute Gasteiger partial charge is 0.337 e. The fourth-order valence-electron chi connectivity index (χ4n) is 1.76. The summed E-state index contributed by atoms with van der Waals surface area (Å²) in [5.41, 5.74) is 2.59. The van der Waals surface area contributed by atoms with Crippen molar-refractivity contribution in [2.75, 3.05) is 7.05 Å². The first-order chi connectivity index (χ1) is 9.09. The van der Waals surface area contributed by atoms with Gasteiger partial charge in [-0.1, -0.05) is 11.6 Å². The molecular formula is C14H14ClN3O. The number of amides is 1. The molecule has 0 unspecified atom stereocenters. The highest BCUT2D eigenvalue weighted by Crippen LogP contribution is 2.17. The van der Waals surface area contributed by atoms with Crippen LogP contribution in [0.25, 0.3) is 0 Å². The predicted molar refractivity (Wildman–Crippen MR) is 74.0 cm³/mol. The Morgan fingerprint density at radius 1 is 1.26 bits per heavy atom. The van der Waals surface area contributed by atoms with Gasteiger partial charge in [0.1, 0.15) is 0 Å². The van der Waals surface area contributed by atoms with E-state index in [0.717, 1.165) is 11.1 Å². The summed E-state index contributed by atoms with van der Waals surface area (Å²) >= 11 is 5.98. The first-order valence-corrected chi connectivity index (χ1v) is 6.22. The third kappa shape index (κ3) is 3.09. The maximum absolute atomic E-state index is 12.3. The van der Waals surface area contributed by atoms with Crippen molar-refractivity contribution in [1.82, 2.24) is 14.9 Å². The number of nitrogens with zero attached hydrogens (tertiary/aromatic N) is 3. The van der Waals surface area contributed by atoms with E-state index in [0.29, 0.717) is 17.1 Å². The second-order valence-corrected chi connectivity index (χ2v) is 4.73. The van der Waals surface area contributed by atoms with Crippen LogP contribution in [0.2, 0.25) is 5.02 Å². The summed E-state index contributed by atoms with van der Waals surface area (Å²) in [5.74, 6) is -0.122. The van der Waals surface area contributed by atoms with Crippen molar-refractivity contribution in [2.24, 2.45) is 0 Å². The van der Waals surface area contributed by atoms with Gasteiger partial charge < -0.3 is 4.90 Å². The zero-order valence-electron chi connectivity index (χ0n) is 10.8. The number of carbonyl (C=O) groups excluding carboxylic acids is 1. The monoisotopic (exact) mass is 275 g/mol. The quantitative estimate of drug-likeness (QED) is 0.865. The van der Waals surface area contributed by atoms with E-state index in [9.17, 15) is 4.79 Å². The van der Waals surface area contributed by atoms with Gasteiger partial charge in [-0.3, -0.25) is 14.8 Å². The Kier molecular flexibility index (Phi) is 4.12. The molecule has 2 aromatic rings. The Morgan fingerprint density at radius 3 is 2.63 bits per heavy atom. The van der Waals surface area contributed by atoms with Crippen molar-refractivity contribution >= 4 is 17.5 Å². The van der Waals surface area contributed by atoms with E-state index in [1.165, 1.54) is 6.20 Å². The number of aryl methyl sites for hydroxylation is 1. The highest BCUT2D eigenvalue weighted by Gasteiger charge is 2.15. The third-order valence-electron chi connectivity index (χ3n) is 2.89. The summed E-state index contributed by atoms with van der Waals surface area (Å²) in [4.78, 5) is 21.8. The van der Waals surface area contributed by atoms with Crippen LogP contribution in [0.4, 0.5) is 0 Å². The molecule has 0 bridgehead atoms. The van der Waals surface area contributed by atoms with Gasteiger partial charge in [-0.25, -0.2) is 0 Å². The molecule has 0 saturated carbocycles. The number of carbonyl (C=O) groups is 1. The van der Waals surface area contributed by atoms with Crippen molar-refractivity contribution in [2.45, 2.75) is 13.5 Å². The topological polar surface area (TPSA) is 46.1 Å². The van der Waals surface area contributed by atoms with Crippen molar-refractivity contribution in [3.05, 3.63) is 58.6 Å². The molecule has 0 atom stereocenters. The van der Waals surface area contributed by atoms with Gasteiger partial charge in [0, 0.05) is 38.4 Å². The Bertz CT molecular complexity index is 601. The molecular weight excluding hydrogens is 262 g/mol. The molecule has 4 nitrogen and oxygen atoms in total. The van der Waals surface area contributed by atoms with Crippen molar-refractivity contribution in [1.29, 1.82) is 0 Å². The molecule has 0 spiro atoms. The number of hydrogen-bond donors (Lipinski definition) is 0. The fourth-order valence-corrected chi connectivity index (χ4v) is 1.96. The minimum absolute atomic E-state index is 0.122. The first-order valence-electron chi connectivity index (χ1n) is 5.84. The van der Waals surface area contributed by atoms with Gasteiger partial charge in [-0.2, -0.15) is 0 Å². The number of rotatable bonds is 3. The highest BCUT2D eigenvalue weighted by atomic mass is 35.5. The zero-order valence-corrected chi connectivity index (χ0v) is 11.6. The van der Waals surface area contributed by atoms with Crippen molar-refractivity contribution in [3.8, 4) is 0 Å². The lowest BCUT2D eigenvalue weighted by Crippen LogP contribution is -2.26. The lowest BCUT2D eigenvalue weighted by atomic mass is 10.1. The van der Waals surface area contributed by atoms with Crippen molar-refractivity contribution < 1.29 is 4.79 Å². The molecule has 0 saturated heterocycles. The van der Waals surface area contributed by atoms with E-state index in [1.54, 1.807) is 36.6 Å². The summed E-state index contributed by atoms with van der Waals surface area (Å²) in [6.07, 6.45) is 6.54. The van der Waals surface area contributed by atoms with Crippen LogP contribution in [0.1, 0.15) is 21.5 Å². The average Bonchev–Trinajstić information content (AvgIpc) is 2.41. The molecule has 2 rings (SSSR count). The Labute approximate surface area is 117 Å². The van der Waals surface area contributed by atoms with Gasteiger partial charge >= 0.3 is 0 Å². The Morgan fingerprint density at radius 2 is 1.95 bits per heavy atom. The molecule has 1 amide bonds. The van der Waals surface area contributed by atoms with Crippen molar-refractivity contribution in [3.63, 3.8) is 0 Å². The van der Waals surface area contributed by atoms with Crippen LogP contribution in [-0.4, -0.2) is 27.8 Å². The molecule has 0 fully saturated rings. The van der Waals surface area contributed by atoms with Gasteiger partial charge in [0.05, 0.1) is 10.6 Å². The van der Waals surface area contributed by atoms with Gasteiger partial charge in [-0.05, 0) is 30.2 Å². The van der Waals surface area contributed by atoms with Gasteiger partial charge in [0.15, 0.2) is 0 Å². The summed E-state index contributed by atoms with van der Waals surface area (Å²) < 4.78 is 0. The average molecular weight is 276 g/mol. The zero-order chi connectivity index (χ0) is 13.8. The van der Waals surface area contributed by atoms with Crippen LogP contribution in [-0.2, 0) is 6.54 Å². The van der Waals surface area contributed by atoms with E-state index in [2.05, 4.69) is 9.97 Å². The molecule has 0 radical (unpaired) electrons. The molecule has 0 aromatic carbocycles. The van der Waals surface area contributed by atoms with Gasteiger partial charge in [0.25, 0.3) is 5.91 Å². The van der Waals surface area contributed by atoms with Crippen LogP contribution in [0.3, 0.4) is 0 Å². The normalized spacial score (nSPS) is 10.3. The van der Waals surface area contributed by atoms with E-state index in [1.807, 2.05) is 13.0 Å². The van der Waals surface area contributed by atoms with Crippen LogP contribution >= 0.6 is 11.6 Å². The molecule has 5 heteroatoms. The first kappa shape index (κ1) is 13.5. The number of pyridine rings is 2. The lowest BCUT2D eigenvalue weighted by Gasteiger charge is -2.18. The summed E-state index contributed by atoms with van der Waals surface area (Å²) in [6.45, 7) is 2.49. The van der Waals surface area contributed by atoms with Crippen LogP contribution in [0, 0.1) is 6.92 Å². The van der Waals surface area contributed by atoms with E-state index in [4.69, 9.17) is 11.6 Å². The third-order valence-corrected chi connectivity index (χ3v) is 3.19. The standard InChI is InChI=1S/C14H14ClN3O/c1-10-7-16-5-3-11(10)9-18(2)14(19)12-4-6-17-8-13(12)15/h3-8H,9H2,1-2H3. The molecule has 0 aliphatic heterocycles. The Hall–Kier alpha value is -1.94. The summed E-state index contributed by atoms with van der Waals surface area (Å²) in [6, 6.07) is 3.54. The molecule has 0 N–H and O–H groups in total. The second kappa shape index (κ2) is 5.80. The SMILES string of the molecule is Cc1cnccc1CN(C)C(=O)c1ccncc1Cl. The van der Waals surface area contributed by atoms with Crippen LogP contribution < -0.4 is 0 Å². The molecule has 0 aliphatic carbocycles. The maximum atomic E-state index is 12.3. The second-order valence-electron chi connectivity index (χ2n) is 4.32. The molecule has 2 aromatic heterocycles. The Balaban J connectivity index is 2.17.